The fraction of sp³-hybridized carbons (Fsp3) is 0.350. The number of aliphatic carboxylic acids is 1. The third-order valence-electron chi connectivity index (χ3n) is 4.15. The van der Waals surface area contributed by atoms with E-state index in [9.17, 15) is 28.2 Å². The molecule has 152 valence electrons. The fourth-order valence-electron chi connectivity index (χ4n) is 2.67. The summed E-state index contributed by atoms with van der Waals surface area (Å²) in [4.78, 5) is 12.5. The predicted octanol–water partition coefficient (Wildman–Crippen LogP) is 3.17. The van der Waals surface area contributed by atoms with E-state index in [1.807, 2.05) is 19.1 Å². The highest BCUT2D eigenvalue weighted by Gasteiger charge is 2.30. The van der Waals surface area contributed by atoms with Crippen molar-refractivity contribution in [1.82, 2.24) is 5.32 Å². The van der Waals surface area contributed by atoms with E-state index in [1.165, 1.54) is 23.5 Å². The highest BCUT2D eigenvalue weighted by Crippen LogP contribution is 2.30. The van der Waals surface area contributed by atoms with Crippen molar-refractivity contribution in [1.29, 1.82) is 0 Å². The van der Waals surface area contributed by atoms with Gasteiger partial charge in [0, 0.05) is 22.3 Å². The molecule has 2 rings (SSSR count). The predicted molar refractivity (Wildman–Crippen MR) is 101 cm³/mol. The topological polar surface area (TPSA) is 72.4 Å². The summed E-state index contributed by atoms with van der Waals surface area (Å²) in [5.41, 5.74) is 0.0241. The molecule has 1 heterocycles. The molecule has 2 N–H and O–H groups in total. The molecule has 1 aromatic carbocycles. The summed E-state index contributed by atoms with van der Waals surface area (Å²) < 4.78 is 38.3. The number of aliphatic hydroxyl groups is 1. The van der Waals surface area contributed by atoms with Gasteiger partial charge in [0.1, 0.15) is 0 Å². The Kier molecular flexibility index (Phi) is 7.40. The van der Waals surface area contributed by atoms with Crippen LogP contribution >= 0.6 is 11.3 Å². The number of carboxylic acid groups (broad SMARTS) is 1. The number of alkyl halides is 3. The Morgan fingerprint density at radius 3 is 2.68 bits per heavy atom. The molecular weight excluding hydrogens is 391 g/mol. The lowest BCUT2D eigenvalue weighted by molar-refractivity contribution is -0.297. The molecule has 0 saturated carbocycles. The van der Waals surface area contributed by atoms with Crippen molar-refractivity contribution in [2.75, 3.05) is 6.54 Å². The minimum atomic E-state index is -4.45. The largest absolute Gasteiger partial charge is 0.545 e. The van der Waals surface area contributed by atoms with E-state index in [0.29, 0.717) is 12.0 Å². The zero-order valence-electron chi connectivity index (χ0n) is 15.4. The van der Waals surface area contributed by atoms with Crippen molar-refractivity contribution in [3.8, 4) is 0 Å². The van der Waals surface area contributed by atoms with Crippen molar-refractivity contribution in [3.05, 3.63) is 63.4 Å². The normalized spacial score (nSPS) is 14.7. The third-order valence-corrected chi connectivity index (χ3v) is 5.39. The van der Waals surface area contributed by atoms with E-state index in [2.05, 4.69) is 5.32 Å². The van der Waals surface area contributed by atoms with Crippen molar-refractivity contribution >= 4 is 22.9 Å². The van der Waals surface area contributed by atoms with Gasteiger partial charge >= 0.3 is 6.18 Å². The van der Waals surface area contributed by atoms with Crippen LogP contribution in [0.2, 0.25) is 0 Å². The molecule has 28 heavy (non-hydrogen) atoms. The molecule has 0 radical (unpaired) electrons. The van der Waals surface area contributed by atoms with Crippen LogP contribution in [0.25, 0.3) is 5.57 Å². The molecule has 2 unspecified atom stereocenters. The van der Waals surface area contributed by atoms with Crippen LogP contribution in [-0.4, -0.2) is 23.7 Å². The SMILES string of the molecule is C/C(=C\C(=O)[O-])c1ccc(CC(C)NCC(O)c2cccc(C(F)(F)F)c2)s1. The van der Waals surface area contributed by atoms with Crippen LogP contribution in [0.4, 0.5) is 13.2 Å². The van der Waals surface area contributed by atoms with Crippen LogP contribution in [0, 0.1) is 0 Å². The molecule has 0 fully saturated rings. The molecule has 2 atom stereocenters. The number of aliphatic hydroxyl groups excluding tert-OH is 1. The number of carboxylic acids is 1. The number of hydrogen-bond donors (Lipinski definition) is 2. The number of hydrogen-bond acceptors (Lipinski definition) is 5. The van der Waals surface area contributed by atoms with E-state index in [1.54, 1.807) is 6.92 Å². The van der Waals surface area contributed by atoms with Gasteiger partial charge in [0.25, 0.3) is 0 Å². The summed E-state index contributed by atoms with van der Waals surface area (Å²) in [5.74, 6) is -1.24. The first-order valence-corrected chi connectivity index (χ1v) is 9.45. The molecule has 0 saturated heterocycles. The standard InChI is InChI=1S/C20H22F3NO3S/c1-12(8-19(26)27)18-7-6-16(28-18)9-13(2)24-11-17(25)14-4-3-5-15(10-14)20(21,22)23/h3-8,10,13,17,24-25H,9,11H2,1-2H3,(H,26,27)/p-1/b12-8+. The van der Waals surface area contributed by atoms with Gasteiger partial charge in [-0.1, -0.05) is 12.1 Å². The highest BCUT2D eigenvalue weighted by atomic mass is 32.1. The van der Waals surface area contributed by atoms with Gasteiger partial charge in [-0.2, -0.15) is 13.2 Å². The quantitative estimate of drug-likeness (QED) is 0.654. The summed E-state index contributed by atoms with van der Waals surface area (Å²) in [7, 11) is 0. The second kappa shape index (κ2) is 9.36. The summed E-state index contributed by atoms with van der Waals surface area (Å²) in [6.07, 6.45) is -3.82. The summed E-state index contributed by atoms with van der Waals surface area (Å²) in [6.45, 7) is 3.71. The van der Waals surface area contributed by atoms with Gasteiger partial charge in [0.05, 0.1) is 17.6 Å². The van der Waals surface area contributed by atoms with E-state index >= 15 is 0 Å². The zero-order valence-corrected chi connectivity index (χ0v) is 16.2. The van der Waals surface area contributed by atoms with Crippen molar-refractivity contribution in [2.24, 2.45) is 0 Å². The van der Waals surface area contributed by atoms with Gasteiger partial charge in [-0.05, 0) is 61.7 Å². The van der Waals surface area contributed by atoms with E-state index < -0.39 is 23.8 Å². The average molecular weight is 412 g/mol. The van der Waals surface area contributed by atoms with Crippen LogP contribution in [-0.2, 0) is 17.4 Å². The Morgan fingerprint density at radius 1 is 1.32 bits per heavy atom. The number of carbonyl (C=O) groups is 1. The van der Waals surface area contributed by atoms with Crippen molar-refractivity contribution in [3.63, 3.8) is 0 Å². The van der Waals surface area contributed by atoms with Crippen LogP contribution < -0.4 is 10.4 Å². The monoisotopic (exact) mass is 412 g/mol. The molecular formula is C20H21F3NO3S-. The van der Waals surface area contributed by atoms with Gasteiger partial charge in [-0.15, -0.1) is 11.3 Å². The van der Waals surface area contributed by atoms with Gasteiger partial charge < -0.3 is 20.3 Å². The number of halogens is 3. The molecule has 8 heteroatoms. The van der Waals surface area contributed by atoms with Gasteiger partial charge in [-0.3, -0.25) is 0 Å². The maximum atomic E-state index is 12.8. The third kappa shape index (κ3) is 6.47. The van der Waals surface area contributed by atoms with Crippen molar-refractivity contribution in [2.45, 2.75) is 38.6 Å². The number of thiophene rings is 1. The second-order valence-corrected chi connectivity index (χ2v) is 7.73. The molecule has 0 amide bonds. The van der Waals surface area contributed by atoms with Crippen LogP contribution in [0.15, 0.2) is 42.5 Å². The minimum absolute atomic E-state index is 0.0302. The Morgan fingerprint density at radius 2 is 2.04 bits per heavy atom. The first kappa shape index (κ1) is 22.1. The number of allylic oxidation sites excluding steroid dienone is 1. The fourth-order valence-corrected chi connectivity index (χ4v) is 3.78. The Balaban J connectivity index is 1.91. The molecule has 0 aliphatic rings. The Labute approximate surface area is 165 Å². The average Bonchev–Trinajstić information content (AvgIpc) is 3.07. The van der Waals surface area contributed by atoms with Crippen LogP contribution in [0.1, 0.15) is 40.8 Å². The summed E-state index contributed by atoms with van der Waals surface area (Å²) >= 11 is 1.46. The van der Waals surface area contributed by atoms with Crippen molar-refractivity contribution < 1.29 is 28.2 Å². The van der Waals surface area contributed by atoms with Gasteiger partial charge in [0.15, 0.2) is 0 Å². The van der Waals surface area contributed by atoms with Gasteiger partial charge in [-0.25, -0.2) is 0 Å². The zero-order chi connectivity index (χ0) is 20.9. The molecule has 1 aromatic heterocycles. The van der Waals surface area contributed by atoms with E-state index in [0.717, 1.165) is 28.0 Å². The number of rotatable bonds is 8. The summed E-state index contributed by atoms with van der Waals surface area (Å²) in [5, 5.41) is 23.9. The molecule has 2 aromatic rings. The Hall–Kier alpha value is -2.16. The maximum Gasteiger partial charge on any atom is 0.416 e. The smallest absolute Gasteiger partial charge is 0.416 e. The molecule has 0 bridgehead atoms. The maximum absolute atomic E-state index is 12.8. The molecule has 0 aliphatic heterocycles. The van der Waals surface area contributed by atoms with E-state index in [4.69, 9.17) is 0 Å². The first-order valence-electron chi connectivity index (χ1n) is 8.63. The number of nitrogens with one attached hydrogen (secondary N) is 1. The lowest BCUT2D eigenvalue weighted by atomic mass is 10.1. The number of carbonyl (C=O) groups excluding carboxylic acids is 1. The molecule has 4 nitrogen and oxygen atoms in total. The summed E-state index contributed by atoms with van der Waals surface area (Å²) in [6, 6.07) is 8.36. The first-order chi connectivity index (χ1) is 13.1. The number of benzene rings is 1. The second-order valence-electron chi connectivity index (χ2n) is 6.56. The molecule has 0 aliphatic carbocycles. The highest BCUT2D eigenvalue weighted by molar-refractivity contribution is 7.13. The van der Waals surface area contributed by atoms with Gasteiger partial charge in [0.2, 0.25) is 0 Å². The van der Waals surface area contributed by atoms with E-state index in [-0.39, 0.29) is 18.2 Å². The lowest BCUT2D eigenvalue weighted by Crippen LogP contribution is -2.31. The minimum Gasteiger partial charge on any atom is -0.545 e. The lowest BCUT2D eigenvalue weighted by Gasteiger charge is -2.18. The van der Waals surface area contributed by atoms with Crippen LogP contribution in [0.5, 0.6) is 0 Å². The Bertz CT molecular complexity index is 845. The van der Waals surface area contributed by atoms with Crippen LogP contribution in [0.3, 0.4) is 0 Å². The molecule has 0 spiro atoms.